The van der Waals surface area contributed by atoms with Crippen molar-refractivity contribution in [2.75, 3.05) is 34.3 Å². The Morgan fingerprint density at radius 1 is 1.24 bits per heavy atom. The fourth-order valence-electron chi connectivity index (χ4n) is 2.71. The highest BCUT2D eigenvalue weighted by molar-refractivity contribution is 5.79. The van der Waals surface area contributed by atoms with Crippen LogP contribution in [-0.4, -0.2) is 51.3 Å². The second-order valence-corrected chi connectivity index (χ2v) is 6.82. The Morgan fingerprint density at radius 3 is 2.59 bits per heavy atom. The summed E-state index contributed by atoms with van der Waals surface area (Å²) in [5.41, 5.74) is 1.43. The van der Waals surface area contributed by atoms with E-state index in [0.29, 0.717) is 18.1 Å². The first-order valence-electron chi connectivity index (χ1n) is 9.13. The molecule has 6 nitrogen and oxygen atoms in total. The standard InChI is InChI=1S/C20H27F3N4O2/c1-14-7-8-15(18(10-14)29-13-20(21,22)23)11-25-19(24-2)26-12-16(27(3)4)17-6-5-9-28-17/h5-10,16H,11-13H2,1-4H3,(H2,24,25,26). The number of benzene rings is 1. The molecule has 160 valence electrons. The van der Waals surface area contributed by atoms with E-state index in [4.69, 9.17) is 9.15 Å². The summed E-state index contributed by atoms with van der Waals surface area (Å²) in [6.07, 6.45) is -2.77. The Morgan fingerprint density at radius 2 is 2.00 bits per heavy atom. The number of furan rings is 1. The number of hydrogen-bond donors (Lipinski definition) is 2. The molecular formula is C20H27F3N4O2. The van der Waals surface area contributed by atoms with Gasteiger partial charge in [-0.3, -0.25) is 9.89 Å². The third kappa shape index (κ3) is 7.34. The molecule has 2 rings (SSSR count). The lowest BCUT2D eigenvalue weighted by Gasteiger charge is -2.24. The van der Waals surface area contributed by atoms with E-state index in [1.807, 2.05) is 37.2 Å². The van der Waals surface area contributed by atoms with Gasteiger partial charge in [0.1, 0.15) is 11.5 Å². The summed E-state index contributed by atoms with van der Waals surface area (Å²) in [6, 6.07) is 8.89. The lowest BCUT2D eigenvalue weighted by molar-refractivity contribution is -0.153. The number of aliphatic imine (C=N–C) groups is 1. The summed E-state index contributed by atoms with van der Waals surface area (Å²) in [4.78, 5) is 6.19. The number of hydrogen-bond acceptors (Lipinski definition) is 4. The molecule has 9 heteroatoms. The number of nitrogens with zero attached hydrogens (tertiary/aromatic N) is 2. The van der Waals surface area contributed by atoms with Crippen molar-refractivity contribution in [1.82, 2.24) is 15.5 Å². The molecule has 0 spiro atoms. The zero-order chi connectivity index (χ0) is 21.4. The molecule has 0 saturated carbocycles. The molecule has 1 aromatic carbocycles. The number of likely N-dealkylation sites (N-methyl/N-ethyl adjacent to an activating group) is 1. The third-order valence-corrected chi connectivity index (χ3v) is 4.24. The van der Waals surface area contributed by atoms with E-state index in [9.17, 15) is 13.2 Å². The summed E-state index contributed by atoms with van der Waals surface area (Å²) < 4.78 is 48.0. The number of alkyl halides is 3. The van der Waals surface area contributed by atoms with Crippen LogP contribution in [0.15, 0.2) is 46.0 Å². The minimum absolute atomic E-state index is 0.00592. The molecule has 1 heterocycles. The van der Waals surface area contributed by atoms with E-state index in [2.05, 4.69) is 15.6 Å². The van der Waals surface area contributed by atoms with E-state index in [-0.39, 0.29) is 18.3 Å². The van der Waals surface area contributed by atoms with Gasteiger partial charge in [0.15, 0.2) is 12.6 Å². The molecule has 1 unspecified atom stereocenters. The summed E-state index contributed by atoms with van der Waals surface area (Å²) in [7, 11) is 5.52. The highest BCUT2D eigenvalue weighted by Gasteiger charge is 2.28. The van der Waals surface area contributed by atoms with Gasteiger partial charge < -0.3 is 19.8 Å². The number of aryl methyl sites for hydroxylation is 1. The summed E-state index contributed by atoms with van der Waals surface area (Å²) in [5.74, 6) is 1.54. The average Bonchev–Trinajstić information content (AvgIpc) is 3.17. The zero-order valence-electron chi connectivity index (χ0n) is 17.0. The Labute approximate surface area is 168 Å². The van der Waals surface area contributed by atoms with Gasteiger partial charge in [-0.2, -0.15) is 13.2 Å². The maximum Gasteiger partial charge on any atom is 0.422 e. The topological polar surface area (TPSA) is 62.0 Å². The molecule has 2 aromatic rings. The van der Waals surface area contributed by atoms with Crippen molar-refractivity contribution in [1.29, 1.82) is 0 Å². The number of rotatable bonds is 8. The van der Waals surface area contributed by atoms with E-state index < -0.39 is 12.8 Å². The Hall–Kier alpha value is -2.68. The Bertz CT molecular complexity index is 790. The monoisotopic (exact) mass is 412 g/mol. The molecule has 1 aromatic heterocycles. The average molecular weight is 412 g/mol. The SMILES string of the molecule is CN=C(NCc1ccc(C)cc1OCC(F)(F)F)NCC(c1ccco1)N(C)C. The van der Waals surface area contributed by atoms with E-state index >= 15 is 0 Å². The molecule has 0 aliphatic heterocycles. The van der Waals surface area contributed by atoms with Gasteiger partial charge in [0, 0.05) is 25.7 Å². The first-order valence-corrected chi connectivity index (χ1v) is 9.13. The number of halogens is 3. The summed E-state index contributed by atoms with van der Waals surface area (Å²) in [5, 5.41) is 6.32. The lowest BCUT2D eigenvalue weighted by atomic mass is 10.1. The molecule has 0 amide bonds. The molecule has 0 aliphatic rings. The van der Waals surface area contributed by atoms with Crippen molar-refractivity contribution < 1.29 is 22.3 Å². The predicted octanol–water partition coefficient (Wildman–Crippen LogP) is 3.50. The van der Waals surface area contributed by atoms with Crippen molar-refractivity contribution in [2.24, 2.45) is 4.99 Å². The highest BCUT2D eigenvalue weighted by atomic mass is 19.4. The van der Waals surface area contributed by atoms with E-state index in [1.54, 1.807) is 32.4 Å². The van der Waals surface area contributed by atoms with Crippen molar-refractivity contribution in [3.63, 3.8) is 0 Å². The molecule has 2 N–H and O–H groups in total. The zero-order valence-corrected chi connectivity index (χ0v) is 17.0. The maximum absolute atomic E-state index is 12.5. The van der Waals surface area contributed by atoms with Crippen LogP contribution in [0.5, 0.6) is 5.75 Å². The van der Waals surface area contributed by atoms with Crippen LogP contribution in [0.3, 0.4) is 0 Å². The van der Waals surface area contributed by atoms with Gasteiger partial charge in [0.05, 0.1) is 12.3 Å². The first-order chi connectivity index (χ1) is 13.7. The second-order valence-electron chi connectivity index (χ2n) is 6.82. The minimum Gasteiger partial charge on any atom is -0.484 e. The van der Waals surface area contributed by atoms with E-state index in [1.165, 1.54) is 0 Å². The van der Waals surface area contributed by atoms with Crippen LogP contribution < -0.4 is 15.4 Å². The number of nitrogens with one attached hydrogen (secondary N) is 2. The largest absolute Gasteiger partial charge is 0.484 e. The van der Waals surface area contributed by atoms with Crippen molar-refractivity contribution >= 4 is 5.96 Å². The van der Waals surface area contributed by atoms with Crippen LogP contribution in [-0.2, 0) is 6.54 Å². The molecule has 0 aliphatic carbocycles. The van der Waals surface area contributed by atoms with Gasteiger partial charge in [-0.15, -0.1) is 0 Å². The van der Waals surface area contributed by atoms with Crippen LogP contribution in [0.25, 0.3) is 0 Å². The van der Waals surface area contributed by atoms with Crippen LogP contribution >= 0.6 is 0 Å². The Balaban J connectivity index is 1.98. The molecular weight excluding hydrogens is 385 g/mol. The normalized spacial score (nSPS) is 13.4. The maximum atomic E-state index is 12.5. The van der Waals surface area contributed by atoms with Gasteiger partial charge >= 0.3 is 6.18 Å². The van der Waals surface area contributed by atoms with Crippen LogP contribution in [0, 0.1) is 6.92 Å². The third-order valence-electron chi connectivity index (χ3n) is 4.24. The van der Waals surface area contributed by atoms with Crippen molar-refractivity contribution in [2.45, 2.75) is 25.7 Å². The summed E-state index contributed by atoms with van der Waals surface area (Å²) in [6.45, 7) is 1.27. The first kappa shape index (κ1) is 22.6. The molecule has 0 bridgehead atoms. The van der Waals surface area contributed by atoms with Crippen LogP contribution in [0.1, 0.15) is 22.9 Å². The molecule has 29 heavy (non-hydrogen) atoms. The predicted molar refractivity (Wildman–Crippen MR) is 106 cm³/mol. The fourth-order valence-corrected chi connectivity index (χ4v) is 2.71. The van der Waals surface area contributed by atoms with Gasteiger partial charge in [-0.05, 0) is 44.8 Å². The lowest BCUT2D eigenvalue weighted by Crippen LogP contribution is -2.41. The van der Waals surface area contributed by atoms with Gasteiger partial charge in [-0.1, -0.05) is 12.1 Å². The molecule has 1 atom stereocenters. The van der Waals surface area contributed by atoms with Crippen LogP contribution in [0.2, 0.25) is 0 Å². The highest BCUT2D eigenvalue weighted by Crippen LogP contribution is 2.24. The van der Waals surface area contributed by atoms with Crippen LogP contribution in [0.4, 0.5) is 13.2 Å². The number of guanidine groups is 1. The van der Waals surface area contributed by atoms with E-state index in [0.717, 1.165) is 11.3 Å². The quantitative estimate of drug-likeness (QED) is 0.513. The smallest absolute Gasteiger partial charge is 0.422 e. The second kappa shape index (κ2) is 10.2. The summed E-state index contributed by atoms with van der Waals surface area (Å²) >= 11 is 0. The van der Waals surface area contributed by atoms with Gasteiger partial charge in [-0.25, -0.2) is 0 Å². The van der Waals surface area contributed by atoms with Gasteiger partial charge in [0.2, 0.25) is 0 Å². The molecule has 0 radical (unpaired) electrons. The fraction of sp³-hybridized carbons (Fsp3) is 0.450. The van der Waals surface area contributed by atoms with Gasteiger partial charge in [0.25, 0.3) is 0 Å². The van der Waals surface area contributed by atoms with Crippen molar-refractivity contribution in [3.8, 4) is 5.75 Å². The Kier molecular flexibility index (Phi) is 7.95. The molecule has 0 saturated heterocycles. The van der Waals surface area contributed by atoms with Crippen molar-refractivity contribution in [3.05, 3.63) is 53.5 Å². The molecule has 0 fully saturated rings. The minimum atomic E-state index is -4.39. The number of ether oxygens (including phenoxy) is 1.